The molecule has 0 aliphatic carbocycles. The average Bonchev–Trinajstić information content (AvgIpc) is 2.80. The first-order chi connectivity index (χ1) is 15.1. The van der Waals surface area contributed by atoms with E-state index in [4.69, 9.17) is 4.74 Å². The Morgan fingerprint density at radius 1 is 0.935 bits per heavy atom. The molecule has 0 spiro atoms. The molecule has 3 N–H and O–H groups in total. The SMILES string of the molecule is O=C(O)c1cc(Nc2ccccc2)cc(-c2ccnc(NC(=O)C3CCOCC3)c2)c1. The van der Waals surface area contributed by atoms with E-state index in [0.717, 1.165) is 11.3 Å². The average molecular weight is 417 g/mol. The van der Waals surface area contributed by atoms with Crippen molar-refractivity contribution >= 4 is 29.1 Å². The summed E-state index contributed by atoms with van der Waals surface area (Å²) < 4.78 is 5.31. The molecule has 0 bridgehead atoms. The van der Waals surface area contributed by atoms with Crippen LogP contribution in [-0.4, -0.2) is 35.2 Å². The number of amides is 1. The van der Waals surface area contributed by atoms with Crippen molar-refractivity contribution < 1.29 is 19.4 Å². The van der Waals surface area contributed by atoms with Gasteiger partial charge in [-0.3, -0.25) is 4.79 Å². The molecule has 1 amide bonds. The number of ether oxygens (including phenoxy) is 1. The molecule has 1 aromatic heterocycles. The maximum absolute atomic E-state index is 12.5. The molecule has 1 saturated heterocycles. The molecule has 7 heteroatoms. The minimum atomic E-state index is -1.01. The van der Waals surface area contributed by atoms with E-state index in [0.29, 0.717) is 43.1 Å². The quantitative estimate of drug-likeness (QED) is 0.544. The molecule has 4 rings (SSSR count). The summed E-state index contributed by atoms with van der Waals surface area (Å²) in [6.07, 6.45) is 2.99. The summed E-state index contributed by atoms with van der Waals surface area (Å²) in [5.74, 6) is -0.734. The Morgan fingerprint density at radius 3 is 2.45 bits per heavy atom. The summed E-state index contributed by atoms with van der Waals surface area (Å²) in [6, 6.07) is 18.2. The third kappa shape index (κ3) is 5.26. The van der Waals surface area contributed by atoms with Crippen molar-refractivity contribution in [3.63, 3.8) is 0 Å². The fourth-order valence-corrected chi connectivity index (χ4v) is 3.54. The fraction of sp³-hybridized carbons (Fsp3) is 0.208. The highest BCUT2D eigenvalue weighted by molar-refractivity contribution is 5.93. The van der Waals surface area contributed by atoms with Crippen LogP contribution in [0.5, 0.6) is 0 Å². The van der Waals surface area contributed by atoms with Crippen LogP contribution in [0.1, 0.15) is 23.2 Å². The number of benzene rings is 2. The molecular weight excluding hydrogens is 394 g/mol. The number of nitrogens with zero attached hydrogens (tertiary/aromatic N) is 1. The number of rotatable bonds is 6. The molecule has 31 heavy (non-hydrogen) atoms. The highest BCUT2D eigenvalue weighted by Gasteiger charge is 2.22. The molecule has 0 saturated carbocycles. The smallest absolute Gasteiger partial charge is 0.335 e. The molecule has 1 aliphatic heterocycles. The third-order valence-corrected chi connectivity index (χ3v) is 5.18. The molecule has 7 nitrogen and oxygen atoms in total. The van der Waals surface area contributed by atoms with E-state index < -0.39 is 5.97 Å². The second-order valence-electron chi connectivity index (χ2n) is 7.40. The van der Waals surface area contributed by atoms with Gasteiger partial charge in [0.1, 0.15) is 5.82 Å². The Labute approximate surface area is 180 Å². The summed E-state index contributed by atoms with van der Waals surface area (Å²) >= 11 is 0. The number of carbonyl (C=O) groups is 2. The molecule has 0 radical (unpaired) electrons. The lowest BCUT2D eigenvalue weighted by Crippen LogP contribution is -2.28. The van der Waals surface area contributed by atoms with Crippen LogP contribution in [0.15, 0.2) is 66.9 Å². The van der Waals surface area contributed by atoms with Crippen LogP contribution < -0.4 is 10.6 Å². The molecular formula is C24H23N3O4. The summed E-state index contributed by atoms with van der Waals surface area (Å²) in [6.45, 7) is 1.18. The molecule has 2 heterocycles. The van der Waals surface area contributed by atoms with Crippen molar-refractivity contribution in [2.45, 2.75) is 12.8 Å². The first-order valence-electron chi connectivity index (χ1n) is 10.1. The standard InChI is InChI=1S/C24H23N3O4/c28-23(16-7-10-31-11-8-16)27-22-15-17(6-9-25-22)18-12-19(24(29)30)14-21(13-18)26-20-4-2-1-3-5-20/h1-6,9,12-16,26H,7-8,10-11H2,(H,29,30)(H,25,27,28). The number of carboxylic acid groups (broad SMARTS) is 1. The molecule has 0 unspecified atom stereocenters. The van der Waals surface area contributed by atoms with E-state index in [1.165, 1.54) is 0 Å². The zero-order valence-electron chi connectivity index (χ0n) is 16.9. The van der Waals surface area contributed by atoms with Crippen molar-refractivity contribution in [2.75, 3.05) is 23.8 Å². The maximum atomic E-state index is 12.5. The van der Waals surface area contributed by atoms with Gasteiger partial charge in [0.05, 0.1) is 5.56 Å². The summed E-state index contributed by atoms with van der Waals surface area (Å²) in [5.41, 5.74) is 3.15. The lowest BCUT2D eigenvalue weighted by molar-refractivity contribution is -0.122. The van der Waals surface area contributed by atoms with Crippen LogP contribution >= 0.6 is 0 Å². The molecule has 0 atom stereocenters. The van der Waals surface area contributed by atoms with Gasteiger partial charge in [-0.05, 0) is 66.4 Å². The summed E-state index contributed by atoms with van der Waals surface area (Å²) in [7, 11) is 0. The van der Waals surface area contributed by atoms with Gasteiger partial charge in [-0.2, -0.15) is 0 Å². The van der Waals surface area contributed by atoms with Crippen LogP contribution in [0.2, 0.25) is 0 Å². The topological polar surface area (TPSA) is 101 Å². The monoisotopic (exact) mass is 417 g/mol. The van der Waals surface area contributed by atoms with Gasteiger partial charge in [0.2, 0.25) is 5.91 Å². The highest BCUT2D eigenvalue weighted by atomic mass is 16.5. The van der Waals surface area contributed by atoms with Gasteiger partial charge in [-0.25, -0.2) is 9.78 Å². The number of hydrogen-bond acceptors (Lipinski definition) is 5. The van der Waals surface area contributed by atoms with Crippen molar-refractivity contribution in [1.82, 2.24) is 4.98 Å². The minimum Gasteiger partial charge on any atom is -0.478 e. The van der Waals surface area contributed by atoms with Gasteiger partial charge >= 0.3 is 5.97 Å². The molecule has 1 aliphatic rings. The number of nitrogens with one attached hydrogen (secondary N) is 2. The van der Waals surface area contributed by atoms with Crippen molar-refractivity contribution in [3.05, 3.63) is 72.4 Å². The number of hydrogen-bond donors (Lipinski definition) is 3. The second kappa shape index (κ2) is 9.40. The van der Waals surface area contributed by atoms with E-state index in [1.54, 1.807) is 30.5 Å². The van der Waals surface area contributed by atoms with E-state index in [1.807, 2.05) is 36.4 Å². The number of anilines is 3. The molecule has 1 fully saturated rings. The van der Waals surface area contributed by atoms with E-state index in [-0.39, 0.29) is 17.4 Å². The predicted molar refractivity (Wildman–Crippen MR) is 119 cm³/mol. The number of aromatic carboxylic acids is 1. The summed E-state index contributed by atoms with van der Waals surface area (Å²) in [4.78, 5) is 28.4. The first-order valence-corrected chi connectivity index (χ1v) is 10.1. The fourth-order valence-electron chi connectivity index (χ4n) is 3.54. The normalized spacial score (nSPS) is 14.1. The number of carbonyl (C=O) groups excluding carboxylic acids is 1. The van der Waals surface area contributed by atoms with E-state index in [2.05, 4.69) is 15.6 Å². The van der Waals surface area contributed by atoms with Gasteiger partial charge in [-0.15, -0.1) is 0 Å². The van der Waals surface area contributed by atoms with Crippen LogP contribution in [0.3, 0.4) is 0 Å². The Kier molecular flexibility index (Phi) is 6.24. The van der Waals surface area contributed by atoms with Crippen LogP contribution in [0.25, 0.3) is 11.1 Å². The van der Waals surface area contributed by atoms with Gasteiger partial charge in [-0.1, -0.05) is 18.2 Å². The van der Waals surface area contributed by atoms with Crippen LogP contribution in [-0.2, 0) is 9.53 Å². The number of aromatic nitrogens is 1. The minimum absolute atomic E-state index is 0.0707. The predicted octanol–water partition coefficient (Wildman–Crippen LogP) is 4.56. The Balaban J connectivity index is 1.60. The lowest BCUT2D eigenvalue weighted by atomic mass is 9.99. The molecule has 158 valence electrons. The third-order valence-electron chi connectivity index (χ3n) is 5.18. The van der Waals surface area contributed by atoms with E-state index in [9.17, 15) is 14.7 Å². The Hall–Kier alpha value is -3.71. The Bertz CT molecular complexity index is 1080. The lowest BCUT2D eigenvalue weighted by Gasteiger charge is -2.21. The molecule has 2 aromatic carbocycles. The van der Waals surface area contributed by atoms with Gasteiger partial charge in [0.15, 0.2) is 0 Å². The van der Waals surface area contributed by atoms with Crippen LogP contribution in [0, 0.1) is 5.92 Å². The summed E-state index contributed by atoms with van der Waals surface area (Å²) in [5, 5.41) is 15.7. The highest BCUT2D eigenvalue weighted by Crippen LogP contribution is 2.28. The molecule has 3 aromatic rings. The van der Waals surface area contributed by atoms with Gasteiger partial charge in [0.25, 0.3) is 0 Å². The number of para-hydroxylation sites is 1. The zero-order valence-corrected chi connectivity index (χ0v) is 16.9. The van der Waals surface area contributed by atoms with E-state index >= 15 is 0 Å². The largest absolute Gasteiger partial charge is 0.478 e. The first kappa shape index (κ1) is 20.6. The van der Waals surface area contributed by atoms with Crippen molar-refractivity contribution in [1.29, 1.82) is 0 Å². The van der Waals surface area contributed by atoms with Crippen molar-refractivity contribution in [3.8, 4) is 11.1 Å². The van der Waals surface area contributed by atoms with Gasteiger partial charge < -0.3 is 20.5 Å². The second-order valence-corrected chi connectivity index (χ2v) is 7.40. The van der Waals surface area contributed by atoms with Gasteiger partial charge in [0, 0.05) is 36.7 Å². The zero-order chi connectivity index (χ0) is 21.6. The number of carboxylic acids is 1. The van der Waals surface area contributed by atoms with Crippen molar-refractivity contribution in [2.24, 2.45) is 5.92 Å². The maximum Gasteiger partial charge on any atom is 0.335 e. The number of pyridine rings is 1. The Morgan fingerprint density at radius 2 is 1.71 bits per heavy atom. The van der Waals surface area contributed by atoms with Crippen LogP contribution in [0.4, 0.5) is 17.2 Å².